The van der Waals surface area contributed by atoms with E-state index in [1.165, 1.54) is 18.2 Å². The van der Waals surface area contributed by atoms with Crippen LogP contribution in [0.4, 0.5) is 5.69 Å². The molecule has 17 heavy (non-hydrogen) atoms. The number of nitriles is 1. The molecular weight excluding hydrogens is 244 g/mol. The fraction of sp³-hybridized carbons (Fsp3) is 0.200. The van der Waals surface area contributed by atoms with Crippen molar-refractivity contribution < 1.29 is 17.7 Å². The molecule has 1 aromatic carbocycles. The Labute approximate surface area is 98.6 Å². The highest BCUT2D eigenvalue weighted by molar-refractivity contribution is 7.85. The summed E-state index contributed by atoms with van der Waals surface area (Å²) in [5.74, 6) is -0.579. The molecule has 0 heterocycles. The first-order valence-electron chi connectivity index (χ1n) is 4.44. The van der Waals surface area contributed by atoms with Gasteiger partial charge in [0, 0.05) is 0 Å². The summed E-state index contributed by atoms with van der Waals surface area (Å²) in [4.78, 5) is 3.14. The molecule has 7 heteroatoms. The van der Waals surface area contributed by atoms with E-state index < -0.39 is 15.9 Å². The first-order chi connectivity index (χ1) is 7.96. The lowest BCUT2D eigenvalue weighted by molar-refractivity contribution is 0.334. The van der Waals surface area contributed by atoms with Gasteiger partial charge in [-0.1, -0.05) is 12.1 Å². The van der Waals surface area contributed by atoms with Crippen molar-refractivity contribution in [3.8, 4) is 11.8 Å². The molecule has 0 radical (unpaired) electrons. The Morgan fingerprint density at radius 2 is 2.24 bits per heavy atom. The molecule has 0 aromatic heterocycles. The predicted molar refractivity (Wildman–Crippen MR) is 57.5 cm³/mol. The Kier molecular flexibility index (Phi) is 4.05. The minimum atomic E-state index is -4.35. The highest BCUT2D eigenvalue weighted by Crippen LogP contribution is 2.24. The van der Waals surface area contributed by atoms with Crippen LogP contribution in [0.3, 0.4) is 0 Å². The number of hydrogen-bond donors (Lipinski definition) is 0. The Bertz CT molecular complexity index is 596. The van der Waals surface area contributed by atoms with Crippen molar-refractivity contribution >= 4 is 15.8 Å². The van der Waals surface area contributed by atoms with E-state index in [1.807, 2.05) is 6.07 Å². The Morgan fingerprint density at radius 3 is 2.76 bits per heavy atom. The number of hydrogen-bond acceptors (Lipinski definition) is 5. The summed E-state index contributed by atoms with van der Waals surface area (Å²) >= 11 is 0. The van der Waals surface area contributed by atoms with E-state index in [0.717, 1.165) is 0 Å². The number of nitrogens with zero attached hydrogens (tertiary/aromatic N) is 2. The monoisotopic (exact) mass is 251 g/mol. The van der Waals surface area contributed by atoms with Gasteiger partial charge in [-0.25, -0.2) is 13.3 Å². The SMILES string of the molecule is [C-]#[N+]c1ccc(C#N)c(OCCS(=O)(=O)[O-])c1. The molecule has 0 atom stereocenters. The normalized spacial score (nSPS) is 10.3. The molecule has 6 nitrogen and oxygen atoms in total. The zero-order valence-electron chi connectivity index (χ0n) is 8.58. The van der Waals surface area contributed by atoms with Crippen LogP contribution in [0.1, 0.15) is 5.56 Å². The summed E-state index contributed by atoms with van der Waals surface area (Å²) in [6, 6.07) is 6.01. The van der Waals surface area contributed by atoms with Gasteiger partial charge in [-0.05, 0) is 6.07 Å². The van der Waals surface area contributed by atoms with E-state index >= 15 is 0 Å². The van der Waals surface area contributed by atoms with Gasteiger partial charge in [-0.3, -0.25) is 0 Å². The fourth-order valence-electron chi connectivity index (χ4n) is 1.05. The molecule has 0 aliphatic carbocycles. The average molecular weight is 251 g/mol. The third-order valence-corrected chi connectivity index (χ3v) is 2.47. The molecule has 0 saturated carbocycles. The Hall–Kier alpha value is -2.09. The van der Waals surface area contributed by atoms with Crippen molar-refractivity contribution in [2.75, 3.05) is 12.4 Å². The van der Waals surface area contributed by atoms with E-state index in [4.69, 9.17) is 16.6 Å². The van der Waals surface area contributed by atoms with Gasteiger partial charge in [0.15, 0.2) is 5.69 Å². The summed E-state index contributed by atoms with van der Waals surface area (Å²) in [7, 11) is -4.35. The fourth-order valence-corrected chi connectivity index (χ4v) is 1.33. The number of rotatable bonds is 4. The summed E-state index contributed by atoms with van der Waals surface area (Å²) in [5, 5.41) is 8.75. The van der Waals surface area contributed by atoms with Crippen LogP contribution in [-0.2, 0) is 10.1 Å². The van der Waals surface area contributed by atoms with Gasteiger partial charge >= 0.3 is 0 Å². The lowest BCUT2D eigenvalue weighted by atomic mass is 10.2. The van der Waals surface area contributed by atoms with Crippen molar-refractivity contribution in [1.29, 1.82) is 5.26 Å². The van der Waals surface area contributed by atoms with Crippen LogP contribution >= 0.6 is 0 Å². The van der Waals surface area contributed by atoms with Crippen LogP contribution in [0.5, 0.6) is 5.75 Å². The molecule has 0 spiro atoms. The van der Waals surface area contributed by atoms with Crippen LogP contribution in [0.25, 0.3) is 4.85 Å². The molecule has 88 valence electrons. The molecule has 0 bridgehead atoms. The lowest BCUT2D eigenvalue weighted by Crippen LogP contribution is -2.13. The van der Waals surface area contributed by atoms with E-state index in [9.17, 15) is 13.0 Å². The molecular formula is C10H7N2O4S-. The summed E-state index contributed by atoms with van der Waals surface area (Å²) < 4.78 is 36.1. The van der Waals surface area contributed by atoms with Crippen molar-refractivity contribution in [2.24, 2.45) is 0 Å². The first-order valence-corrected chi connectivity index (χ1v) is 6.02. The minimum absolute atomic E-state index is 0.102. The van der Waals surface area contributed by atoms with Crippen molar-refractivity contribution in [2.45, 2.75) is 0 Å². The van der Waals surface area contributed by atoms with Gasteiger partial charge in [-0.15, -0.1) is 0 Å². The second-order valence-corrected chi connectivity index (χ2v) is 4.54. The largest absolute Gasteiger partial charge is 0.748 e. The predicted octanol–water partition coefficient (Wildman–Crippen LogP) is 1.03. The quantitative estimate of drug-likeness (QED) is 0.588. The van der Waals surface area contributed by atoms with Crippen LogP contribution in [0.15, 0.2) is 18.2 Å². The summed E-state index contributed by atoms with van der Waals surface area (Å²) in [6.45, 7) is 6.44. The van der Waals surface area contributed by atoms with Gasteiger partial charge in [0.2, 0.25) is 0 Å². The van der Waals surface area contributed by atoms with Gasteiger partial charge in [0.25, 0.3) is 0 Å². The Balaban J connectivity index is 2.83. The van der Waals surface area contributed by atoms with Crippen molar-refractivity contribution in [3.05, 3.63) is 35.2 Å². The second kappa shape index (κ2) is 5.30. The van der Waals surface area contributed by atoms with Crippen LogP contribution in [0, 0.1) is 17.9 Å². The van der Waals surface area contributed by atoms with Crippen LogP contribution in [-0.4, -0.2) is 25.3 Å². The maximum absolute atomic E-state index is 10.3. The smallest absolute Gasteiger partial charge is 0.190 e. The molecule has 1 aromatic rings. The molecule has 0 unspecified atom stereocenters. The molecule has 1 rings (SSSR count). The molecule has 0 N–H and O–H groups in total. The van der Waals surface area contributed by atoms with Gasteiger partial charge < -0.3 is 9.29 Å². The topological polar surface area (TPSA) is 94.6 Å². The van der Waals surface area contributed by atoms with Crippen molar-refractivity contribution in [1.82, 2.24) is 0 Å². The highest BCUT2D eigenvalue weighted by Gasteiger charge is 2.05. The molecule has 0 aliphatic rings. The van der Waals surface area contributed by atoms with Crippen LogP contribution in [0.2, 0.25) is 0 Å². The summed E-state index contributed by atoms with van der Waals surface area (Å²) in [5.41, 5.74) is 0.449. The van der Waals surface area contributed by atoms with E-state index in [1.54, 1.807) is 0 Å². The van der Waals surface area contributed by atoms with E-state index in [0.29, 0.717) is 0 Å². The van der Waals surface area contributed by atoms with Crippen molar-refractivity contribution in [3.63, 3.8) is 0 Å². The minimum Gasteiger partial charge on any atom is -0.748 e. The maximum atomic E-state index is 10.3. The van der Waals surface area contributed by atoms with E-state index in [-0.39, 0.29) is 23.6 Å². The third kappa shape index (κ3) is 4.11. The average Bonchev–Trinajstić information content (AvgIpc) is 2.27. The van der Waals surface area contributed by atoms with Crippen LogP contribution < -0.4 is 4.74 Å². The first kappa shape index (κ1) is 13.0. The molecule has 0 saturated heterocycles. The lowest BCUT2D eigenvalue weighted by Gasteiger charge is -2.10. The molecule has 0 amide bonds. The van der Waals surface area contributed by atoms with Gasteiger partial charge in [-0.2, -0.15) is 5.26 Å². The van der Waals surface area contributed by atoms with Gasteiger partial charge in [0.1, 0.15) is 18.4 Å². The third-order valence-electron chi connectivity index (χ3n) is 1.81. The molecule has 0 fully saturated rings. The highest BCUT2D eigenvalue weighted by atomic mass is 32.2. The standard InChI is InChI=1S/C10H8N2O4S/c1-12-9-3-2-8(7-11)10(6-9)16-4-5-17(13,14)15/h2-3,6H,4-5H2,(H,13,14,15)/p-1. The zero-order valence-corrected chi connectivity index (χ0v) is 9.40. The number of benzene rings is 1. The zero-order chi connectivity index (χ0) is 12.9. The summed E-state index contributed by atoms with van der Waals surface area (Å²) in [6.07, 6.45) is 0. The molecule has 0 aliphatic heterocycles. The number of ether oxygens (including phenoxy) is 1. The maximum Gasteiger partial charge on any atom is 0.190 e. The van der Waals surface area contributed by atoms with E-state index in [2.05, 4.69) is 4.85 Å². The second-order valence-electron chi connectivity index (χ2n) is 3.01. The van der Waals surface area contributed by atoms with Gasteiger partial charge in [0.05, 0.1) is 28.0 Å². The Morgan fingerprint density at radius 1 is 1.53 bits per heavy atom.